The highest BCUT2D eigenvalue weighted by Crippen LogP contribution is 2.32. The van der Waals surface area contributed by atoms with Crippen molar-refractivity contribution in [2.75, 3.05) is 13.7 Å². The Balaban J connectivity index is 1.45. The van der Waals surface area contributed by atoms with Crippen molar-refractivity contribution < 1.29 is 23.4 Å². The molecule has 0 unspecified atom stereocenters. The number of aryl methyl sites for hydroxylation is 2. The molecule has 1 heterocycles. The van der Waals surface area contributed by atoms with Crippen LogP contribution in [-0.4, -0.2) is 19.6 Å². The van der Waals surface area contributed by atoms with Crippen molar-refractivity contribution in [1.82, 2.24) is 5.32 Å². The molecular formula is C27H25NO6. The molecule has 34 heavy (non-hydrogen) atoms. The Kier molecular flexibility index (Phi) is 6.82. The highest BCUT2D eigenvalue weighted by molar-refractivity contribution is 5.80. The van der Waals surface area contributed by atoms with Crippen LogP contribution in [0.3, 0.4) is 0 Å². The zero-order chi connectivity index (χ0) is 24.1. The summed E-state index contributed by atoms with van der Waals surface area (Å²) in [6, 6.07) is 19.8. The zero-order valence-corrected chi connectivity index (χ0v) is 19.2. The number of nitrogens with one attached hydrogen (secondary N) is 1. The van der Waals surface area contributed by atoms with E-state index in [0.29, 0.717) is 40.5 Å². The van der Waals surface area contributed by atoms with Gasteiger partial charge in [-0.15, -0.1) is 0 Å². The molecule has 0 atom stereocenters. The van der Waals surface area contributed by atoms with Crippen LogP contribution < -0.4 is 25.0 Å². The van der Waals surface area contributed by atoms with E-state index in [9.17, 15) is 9.59 Å². The van der Waals surface area contributed by atoms with Crippen molar-refractivity contribution in [3.05, 3.63) is 93.8 Å². The minimum atomic E-state index is -0.313. The highest BCUT2D eigenvalue weighted by Gasteiger charge is 2.16. The Bertz CT molecular complexity index is 1370. The van der Waals surface area contributed by atoms with Crippen LogP contribution in [0.25, 0.3) is 11.0 Å². The highest BCUT2D eigenvalue weighted by atomic mass is 16.5. The lowest BCUT2D eigenvalue weighted by atomic mass is 10.1. The number of methoxy groups -OCH3 is 1. The second-order valence-electron chi connectivity index (χ2n) is 7.78. The molecule has 0 saturated heterocycles. The maximum atomic E-state index is 13.0. The maximum absolute atomic E-state index is 13.0. The predicted molar refractivity (Wildman–Crippen MR) is 129 cm³/mol. The second kappa shape index (κ2) is 10.1. The first-order valence-corrected chi connectivity index (χ1v) is 10.8. The van der Waals surface area contributed by atoms with Crippen molar-refractivity contribution in [1.29, 1.82) is 0 Å². The molecule has 1 aromatic heterocycles. The van der Waals surface area contributed by atoms with Crippen LogP contribution in [0.1, 0.15) is 16.9 Å². The molecule has 0 spiro atoms. The average Bonchev–Trinajstić information content (AvgIpc) is 2.85. The summed E-state index contributed by atoms with van der Waals surface area (Å²) in [5, 5.41) is 3.16. The molecule has 7 heteroatoms. The van der Waals surface area contributed by atoms with Crippen LogP contribution in [0.5, 0.6) is 23.0 Å². The van der Waals surface area contributed by atoms with Crippen molar-refractivity contribution in [2.24, 2.45) is 0 Å². The Morgan fingerprint density at radius 2 is 1.71 bits per heavy atom. The van der Waals surface area contributed by atoms with Gasteiger partial charge in [0, 0.05) is 12.6 Å². The van der Waals surface area contributed by atoms with E-state index in [1.807, 2.05) is 37.3 Å². The van der Waals surface area contributed by atoms with Gasteiger partial charge in [0.15, 0.2) is 18.1 Å². The molecule has 0 aliphatic carbocycles. The van der Waals surface area contributed by atoms with Gasteiger partial charge in [-0.2, -0.15) is 0 Å². The number of carbonyl (C=O) groups is 1. The lowest BCUT2D eigenvalue weighted by Crippen LogP contribution is -2.28. The number of amides is 1. The number of benzene rings is 3. The zero-order valence-electron chi connectivity index (χ0n) is 19.2. The molecule has 0 fully saturated rings. The molecule has 0 bridgehead atoms. The van der Waals surface area contributed by atoms with Gasteiger partial charge >= 0.3 is 0 Å². The Morgan fingerprint density at radius 3 is 2.44 bits per heavy atom. The van der Waals surface area contributed by atoms with Gasteiger partial charge < -0.3 is 23.9 Å². The fraction of sp³-hybridized carbons (Fsp3) is 0.185. The number of para-hydroxylation sites is 2. The van der Waals surface area contributed by atoms with Gasteiger partial charge in [-0.3, -0.25) is 9.59 Å². The molecule has 0 radical (unpaired) electrons. The second-order valence-corrected chi connectivity index (χ2v) is 7.78. The summed E-state index contributed by atoms with van der Waals surface area (Å²) < 4.78 is 22.6. The first-order chi connectivity index (χ1) is 16.4. The first-order valence-electron chi connectivity index (χ1n) is 10.8. The topological polar surface area (TPSA) is 87.0 Å². The number of hydrogen-bond acceptors (Lipinski definition) is 6. The minimum absolute atomic E-state index is 0.0844. The SMILES string of the molecule is COc1ccccc1Oc1c(C)oc2cc(OCC(=O)NCc3ccc(C)cc3)ccc2c1=O. The molecule has 7 nitrogen and oxygen atoms in total. The Morgan fingerprint density at radius 1 is 0.971 bits per heavy atom. The minimum Gasteiger partial charge on any atom is -0.493 e. The first kappa shape index (κ1) is 22.9. The van der Waals surface area contributed by atoms with E-state index in [1.54, 1.807) is 43.3 Å². The molecule has 1 amide bonds. The lowest BCUT2D eigenvalue weighted by Gasteiger charge is -2.12. The summed E-state index contributed by atoms with van der Waals surface area (Å²) >= 11 is 0. The Labute approximate surface area is 196 Å². The van der Waals surface area contributed by atoms with Crippen LogP contribution in [0.4, 0.5) is 0 Å². The predicted octanol–water partition coefficient (Wildman–Crippen LogP) is 4.91. The average molecular weight is 459 g/mol. The van der Waals surface area contributed by atoms with E-state index in [-0.39, 0.29) is 23.7 Å². The van der Waals surface area contributed by atoms with Crippen molar-refractivity contribution in [3.63, 3.8) is 0 Å². The van der Waals surface area contributed by atoms with Crippen LogP contribution in [0.2, 0.25) is 0 Å². The van der Waals surface area contributed by atoms with Gasteiger partial charge in [0.25, 0.3) is 5.91 Å². The van der Waals surface area contributed by atoms with E-state index in [2.05, 4.69) is 5.32 Å². The summed E-state index contributed by atoms with van der Waals surface area (Å²) in [5.74, 6) is 1.48. The van der Waals surface area contributed by atoms with Gasteiger partial charge in [-0.1, -0.05) is 42.0 Å². The van der Waals surface area contributed by atoms with Gasteiger partial charge in [-0.25, -0.2) is 0 Å². The molecule has 0 aliphatic heterocycles. The fourth-order valence-corrected chi connectivity index (χ4v) is 3.40. The largest absolute Gasteiger partial charge is 0.493 e. The summed E-state index contributed by atoms with van der Waals surface area (Å²) in [5.41, 5.74) is 2.20. The quantitative estimate of drug-likeness (QED) is 0.403. The van der Waals surface area contributed by atoms with Crippen LogP contribution >= 0.6 is 0 Å². The standard InChI is InChI=1S/C27H25NO6/c1-17-8-10-19(11-9-17)15-28-25(29)16-32-20-12-13-21-24(14-20)33-18(2)27(26(21)30)34-23-7-5-4-6-22(23)31-3/h4-14H,15-16H2,1-3H3,(H,28,29). The molecule has 3 aromatic carbocycles. The summed E-state index contributed by atoms with van der Waals surface area (Å²) in [4.78, 5) is 25.2. The maximum Gasteiger partial charge on any atom is 0.258 e. The molecule has 4 aromatic rings. The van der Waals surface area contributed by atoms with Crippen LogP contribution in [0, 0.1) is 13.8 Å². The van der Waals surface area contributed by atoms with Gasteiger partial charge in [0.1, 0.15) is 17.1 Å². The number of rotatable bonds is 8. The third-order valence-corrected chi connectivity index (χ3v) is 5.25. The van der Waals surface area contributed by atoms with Gasteiger partial charge in [0.2, 0.25) is 11.2 Å². The number of hydrogen-bond donors (Lipinski definition) is 1. The smallest absolute Gasteiger partial charge is 0.258 e. The summed E-state index contributed by atoms with van der Waals surface area (Å²) in [7, 11) is 1.53. The molecule has 1 N–H and O–H groups in total. The van der Waals surface area contributed by atoms with Gasteiger partial charge in [-0.05, 0) is 43.7 Å². The van der Waals surface area contributed by atoms with Crippen molar-refractivity contribution >= 4 is 16.9 Å². The van der Waals surface area contributed by atoms with E-state index >= 15 is 0 Å². The monoisotopic (exact) mass is 459 g/mol. The molecule has 0 aliphatic rings. The van der Waals surface area contributed by atoms with E-state index < -0.39 is 0 Å². The molecule has 174 valence electrons. The van der Waals surface area contributed by atoms with E-state index in [1.165, 1.54) is 7.11 Å². The molecule has 0 saturated carbocycles. The Hall–Kier alpha value is -4.26. The van der Waals surface area contributed by atoms with Crippen LogP contribution in [-0.2, 0) is 11.3 Å². The van der Waals surface area contributed by atoms with E-state index in [4.69, 9.17) is 18.6 Å². The molecular weight excluding hydrogens is 434 g/mol. The van der Waals surface area contributed by atoms with Crippen molar-refractivity contribution in [2.45, 2.75) is 20.4 Å². The lowest BCUT2D eigenvalue weighted by molar-refractivity contribution is -0.123. The third kappa shape index (κ3) is 5.20. The number of fused-ring (bicyclic) bond motifs is 1. The van der Waals surface area contributed by atoms with Crippen LogP contribution in [0.15, 0.2) is 75.9 Å². The normalized spacial score (nSPS) is 10.7. The van der Waals surface area contributed by atoms with Crippen molar-refractivity contribution in [3.8, 4) is 23.0 Å². The molecule has 4 rings (SSSR count). The summed E-state index contributed by atoms with van der Waals surface area (Å²) in [6.07, 6.45) is 0. The third-order valence-electron chi connectivity index (χ3n) is 5.25. The number of carbonyl (C=O) groups excluding carboxylic acids is 1. The number of ether oxygens (including phenoxy) is 3. The fourth-order valence-electron chi connectivity index (χ4n) is 3.40. The van der Waals surface area contributed by atoms with E-state index in [0.717, 1.165) is 11.1 Å². The van der Waals surface area contributed by atoms with Gasteiger partial charge in [0.05, 0.1) is 12.5 Å². The summed E-state index contributed by atoms with van der Waals surface area (Å²) in [6.45, 7) is 3.92.